The molecule has 1 fully saturated rings. The molecule has 1 amide bonds. The van der Waals surface area contributed by atoms with E-state index in [2.05, 4.69) is 16.0 Å². The number of benzene rings is 1. The van der Waals surface area contributed by atoms with E-state index in [4.69, 9.17) is 10.5 Å². The second kappa shape index (κ2) is 7.87. The number of hydrogen-bond acceptors (Lipinski definition) is 6. The summed E-state index contributed by atoms with van der Waals surface area (Å²) in [6.07, 6.45) is 1.64. The minimum absolute atomic E-state index is 0.174. The van der Waals surface area contributed by atoms with Gasteiger partial charge in [-0.25, -0.2) is 4.98 Å². The molecule has 3 heterocycles. The Bertz CT molecular complexity index is 1000. The van der Waals surface area contributed by atoms with E-state index in [1.54, 1.807) is 0 Å². The molecule has 0 bridgehead atoms. The fourth-order valence-electron chi connectivity index (χ4n) is 3.79. The van der Waals surface area contributed by atoms with E-state index in [9.17, 15) is 4.79 Å². The van der Waals surface area contributed by atoms with Gasteiger partial charge in [-0.15, -0.1) is 11.3 Å². The maximum absolute atomic E-state index is 12.1. The smallest absolute Gasteiger partial charge is 0.259 e. The number of carbonyl (C=O) groups is 1. The first kappa shape index (κ1) is 18.9. The summed E-state index contributed by atoms with van der Waals surface area (Å²) in [5.74, 6) is 0.587. The lowest BCUT2D eigenvalue weighted by atomic mass is 10.0. The van der Waals surface area contributed by atoms with Gasteiger partial charge in [-0.3, -0.25) is 9.69 Å². The first-order valence-electron chi connectivity index (χ1n) is 9.31. The largest absolute Gasteiger partial charge is 0.371 e. The van der Waals surface area contributed by atoms with Crippen LogP contribution in [0.1, 0.15) is 26.9 Å². The first-order chi connectivity index (χ1) is 13.5. The fourth-order valence-corrected chi connectivity index (χ4v) is 4.89. The van der Waals surface area contributed by atoms with E-state index in [0.29, 0.717) is 18.0 Å². The maximum Gasteiger partial charge on any atom is 0.259 e. The number of rotatable bonds is 5. The zero-order valence-electron chi connectivity index (χ0n) is 16.1. The summed E-state index contributed by atoms with van der Waals surface area (Å²) in [5.41, 5.74) is 7.79. The molecule has 1 aliphatic rings. The number of anilines is 1. The molecule has 1 atom stereocenters. The Morgan fingerprint density at radius 2 is 2.14 bits per heavy atom. The average Bonchev–Trinajstić information content (AvgIpc) is 3.08. The van der Waals surface area contributed by atoms with Crippen molar-refractivity contribution in [2.45, 2.75) is 12.6 Å². The van der Waals surface area contributed by atoms with Crippen LogP contribution in [-0.4, -0.2) is 49.6 Å². The van der Waals surface area contributed by atoms with Gasteiger partial charge in [0.05, 0.1) is 17.6 Å². The number of nitrogens with zero attached hydrogens (tertiary/aromatic N) is 3. The number of pyridine rings is 1. The second-order valence-corrected chi connectivity index (χ2v) is 8.23. The van der Waals surface area contributed by atoms with Crippen LogP contribution >= 0.6 is 11.3 Å². The SMILES string of the molecule is CN(C)c1ncccc1CN1CCO[C@@H](c2c(C(N)=O)sc3ccccc23)C1. The van der Waals surface area contributed by atoms with E-state index >= 15 is 0 Å². The van der Waals surface area contributed by atoms with Gasteiger partial charge in [-0.1, -0.05) is 24.3 Å². The molecule has 0 radical (unpaired) electrons. The third-order valence-electron chi connectivity index (χ3n) is 5.02. The number of nitrogens with two attached hydrogens (primary N) is 1. The molecule has 4 rings (SSSR count). The predicted molar refractivity (Wildman–Crippen MR) is 113 cm³/mol. The molecule has 1 aliphatic heterocycles. The number of ether oxygens (including phenoxy) is 1. The fraction of sp³-hybridized carbons (Fsp3) is 0.333. The van der Waals surface area contributed by atoms with Crippen LogP contribution in [0.5, 0.6) is 0 Å². The molecule has 2 aromatic heterocycles. The topological polar surface area (TPSA) is 71.7 Å². The van der Waals surface area contributed by atoms with E-state index in [1.807, 2.05) is 55.5 Å². The van der Waals surface area contributed by atoms with Crippen LogP contribution in [-0.2, 0) is 11.3 Å². The summed E-state index contributed by atoms with van der Waals surface area (Å²) < 4.78 is 7.16. The Morgan fingerprint density at radius 3 is 2.93 bits per heavy atom. The number of amides is 1. The Hall–Kier alpha value is -2.48. The van der Waals surface area contributed by atoms with E-state index in [1.165, 1.54) is 16.9 Å². The molecular formula is C21H24N4O2S. The van der Waals surface area contributed by atoms with Gasteiger partial charge >= 0.3 is 0 Å². The van der Waals surface area contributed by atoms with Crippen molar-refractivity contribution in [3.05, 3.63) is 58.6 Å². The highest BCUT2D eigenvalue weighted by Gasteiger charge is 2.29. The van der Waals surface area contributed by atoms with Crippen LogP contribution in [0.2, 0.25) is 0 Å². The van der Waals surface area contributed by atoms with Crippen molar-refractivity contribution in [1.82, 2.24) is 9.88 Å². The second-order valence-electron chi connectivity index (χ2n) is 7.18. The summed E-state index contributed by atoms with van der Waals surface area (Å²) in [6.45, 7) is 2.95. The van der Waals surface area contributed by atoms with Crippen LogP contribution in [0.15, 0.2) is 42.6 Å². The van der Waals surface area contributed by atoms with Crippen LogP contribution in [0, 0.1) is 0 Å². The zero-order chi connectivity index (χ0) is 19.7. The third-order valence-corrected chi connectivity index (χ3v) is 6.22. The average molecular weight is 397 g/mol. The van der Waals surface area contributed by atoms with Gasteiger partial charge in [-0.05, 0) is 17.5 Å². The molecule has 6 nitrogen and oxygen atoms in total. The van der Waals surface area contributed by atoms with Crippen molar-refractivity contribution >= 4 is 33.1 Å². The molecule has 3 aromatic rings. The Morgan fingerprint density at radius 1 is 1.32 bits per heavy atom. The third kappa shape index (κ3) is 3.61. The van der Waals surface area contributed by atoms with Gasteiger partial charge < -0.3 is 15.4 Å². The molecule has 0 spiro atoms. The van der Waals surface area contributed by atoms with Gasteiger partial charge in [-0.2, -0.15) is 0 Å². The Kier molecular flexibility index (Phi) is 5.30. The van der Waals surface area contributed by atoms with Crippen molar-refractivity contribution in [1.29, 1.82) is 0 Å². The highest BCUT2D eigenvalue weighted by atomic mass is 32.1. The quantitative estimate of drug-likeness (QED) is 0.718. The number of carbonyl (C=O) groups excluding carboxylic acids is 1. The number of thiophene rings is 1. The van der Waals surface area contributed by atoms with Crippen LogP contribution in [0.4, 0.5) is 5.82 Å². The maximum atomic E-state index is 12.1. The lowest BCUT2D eigenvalue weighted by molar-refractivity contribution is -0.0322. The van der Waals surface area contributed by atoms with Crippen LogP contribution in [0.3, 0.4) is 0 Å². The summed E-state index contributed by atoms with van der Waals surface area (Å²) in [6, 6.07) is 12.1. The summed E-state index contributed by atoms with van der Waals surface area (Å²) in [5, 5.41) is 1.06. The van der Waals surface area contributed by atoms with Crippen LogP contribution in [0.25, 0.3) is 10.1 Å². The van der Waals surface area contributed by atoms with Gasteiger partial charge in [0.1, 0.15) is 5.82 Å². The highest BCUT2D eigenvalue weighted by Crippen LogP contribution is 2.38. The minimum atomic E-state index is -0.390. The van der Waals surface area contributed by atoms with Crippen molar-refractivity contribution in [2.24, 2.45) is 5.73 Å². The van der Waals surface area contributed by atoms with E-state index in [-0.39, 0.29) is 12.0 Å². The number of aromatic nitrogens is 1. The van der Waals surface area contributed by atoms with Crippen molar-refractivity contribution < 1.29 is 9.53 Å². The highest BCUT2D eigenvalue weighted by molar-refractivity contribution is 7.21. The first-order valence-corrected chi connectivity index (χ1v) is 10.1. The standard InChI is InChI=1S/C21H24N4O2S/c1-24(2)21-14(6-5-9-23-21)12-25-10-11-27-16(13-25)18-15-7-3-4-8-17(15)28-19(18)20(22)26/h3-9,16H,10-13H2,1-2H3,(H2,22,26)/t16-/m1/s1. The summed E-state index contributed by atoms with van der Waals surface area (Å²) in [4.78, 5) is 21.6. The molecule has 1 aromatic carbocycles. The lowest BCUT2D eigenvalue weighted by Gasteiger charge is -2.34. The molecule has 146 valence electrons. The van der Waals surface area contributed by atoms with Crippen molar-refractivity contribution in [2.75, 3.05) is 38.7 Å². The molecule has 1 saturated heterocycles. The number of fused-ring (bicyclic) bond motifs is 1. The molecular weight excluding hydrogens is 372 g/mol. The van der Waals surface area contributed by atoms with Gasteiger partial charge in [0, 0.05) is 55.8 Å². The van der Waals surface area contributed by atoms with Crippen LogP contribution < -0.4 is 10.6 Å². The van der Waals surface area contributed by atoms with Crippen molar-refractivity contribution in [3.63, 3.8) is 0 Å². The van der Waals surface area contributed by atoms with Crippen molar-refractivity contribution in [3.8, 4) is 0 Å². The Labute approximate surface area is 168 Å². The normalized spacial score (nSPS) is 17.7. The van der Waals surface area contributed by atoms with E-state index in [0.717, 1.165) is 34.6 Å². The molecule has 28 heavy (non-hydrogen) atoms. The van der Waals surface area contributed by atoms with E-state index < -0.39 is 0 Å². The molecule has 0 aliphatic carbocycles. The monoisotopic (exact) mass is 396 g/mol. The minimum Gasteiger partial charge on any atom is -0.371 e. The lowest BCUT2D eigenvalue weighted by Crippen LogP contribution is -2.38. The molecule has 0 saturated carbocycles. The predicted octanol–water partition coefficient (Wildman–Crippen LogP) is 3.03. The Balaban J connectivity index is 1.63. The summed E-state index contributed by atoms with van der Waals surface area (Å²) >= 11 is 1.45. The summed E-state index contributed by atoms with van der Waals surface area (Å²) in [7, 11) is 4.01. The molecule has 2 N–H and O–H groups in total. The number of hydrogen-bond donors (Lipinski definition) is 1. The van der Waals surface area contributed by atoms with Gasteiger partial charge in [0.25, 0.3) is 5.91 Å². The zero-order valence-corrected chi connectivity index (χ0v) is 16.9. The molecule has 7 heteroatoms. The van der Waals surface area contributed by atoms with Gasteiger partial charge in [0.2, 0.25) is 0 Å². The number of primary amides is 1. The molecule has 0 unspecified atom stereocenters. The number of morpholine rings is 1. The van der Waals surface area contributed by atoms with Gasteiger partial charge in [0.15, 0.2) is 0 Å².